The summed E-state index contributed by atoms with van der Waals surface area (Å²) in [5, 5.41) is 0.590. The molecule has 4 aromatic rings. The maximum Gasteiger partial charge on any atom is 0.329 e. The van der Waals surface area contributed by atoms with Gasteiger partial charge in [-0.15, -0.1) is 0 Å². The van der Waals surface area contributed by atoms with Gasteiger partial charge in [0.2, 0.25) is 0 Å². The minimum Gasteiger partial charge on any atom is -0.332 e. The predicted octanol–water partition coefficient (Wildman–Crippen LogP) is 4.55. The molecule has 4 rings (SSSR count). The highest BCUT2D eigenvalue weighted by Gasteiger charge is 2.19. The Balaban J connectivity index is 1.86. The lowest BCUT2D eigenvalue weighted by atomic mass is 10.1. The first-order chi connectivity index (χ1) is 13.6. The molecule has 0 aliphatic carbocycles. The molecule has 0 spiro atoms. The summed E-state index contributed by atoms with van der Waals surface area (Å²) in [7, 11) is -4.16. The molecule has 0 unspecified atom stereocenters. The Morgan fingerprint density at radius 2 is 1.69 bits per heavy atom. The second kappa shape index (κ2) is 7.15. The van der Waals surface area contributed by atoms with Gasteiger partial charge in [-0.05, 0) is 24.1 Å². The van der Waals surface area contributed by atoms with Crippen LogP contribution in [-0.4, -0.2) is 24.3 Å². The van der Waals surface area contributed by atoms with Gasteiger partial charge in [-0.2, -0.15) is 0 Å². The molecular formula is C19H15ClF2N3O3P. The molecule has 2 aromatic heterocycles. The van der Waals surface area contributed by atoms with Crippen molar-refractivity contribution in [3.8, 4) is 0 Å². The Bertz CT molecular complexity index is 1300. The molecule has 0 radical (unpaired) electrons. The van der Waals surface area contributed by atoms with E-state index in [0.29, 0.717) is 33.3 Å². The molecule has 29 heavy (non-hydrogen) atoms. The molecule has 6 nitrogen and oxygen atoms in total. The van der Waals surface area contributed by atoms with E-state index in [1.54, 1.807) is 35.8 Å². The van der Waals surface area contributed by atoms with Crippen LogP contribution >= 0.6 is 19.2 Å². The van der Waals surface area contributed by atoms with Crippen LogP contribution in [0.1, 0.15) is 17.0 Å². The minimum absolute atomic E-state index is 0.169. The highest BCUT2D eigenvalue weighted by atomic mass is 35.5. The first-order valence-electron chi connectivity index (χ1n) is 8.56. The molecule has 0 fully saturated rings. The van der Waals surface area contributed by atoms with E-state index in [1.807, 2.05) is 0 Å². The van der Waals surface area contributed by atoms with E-state index in [9.17, 15) is 13.3 Å². The summed E-state index contributed by atoms with van der Waals surface area (Å²) < 4.78 is 40.7. The zero-order valence-corrected chi connectivity index (χ0v) is 16.8. The van der Waals surface area contributed by atoms with Crippen molar-refractivity contribution >= 4 is 41.1 Å². The Morgan fingerprint density at radius 1 is 1.07 bits per heavy atom. The van der Waals surface area contributed by atoms with Crippen molar-refractivity contribution < 1.29 is 23.1 Å². The molecule has 10 heteroatoms. The summed E-state index contributed by atoms with van der Waals surface area (Å²) in [6.45, 7) is 1.92. The molecule has 0 saturated carbocycles. The van der Waals surface area contributed by atoms with Crippen LogP contribution in [0.25, 0.3) is 21.9 Å². The van der Waals surface area contributed by atoms with E-state index in [2.05, 4.69) is 9.97 Å². The first-order valence-corrected chi connectivity index (χ1v) is 10.7. The van der Waals surface area contributed by atoms with Crippen LogP contribution in [0.5, 0.6) is 0 Å². The maximum atomic E-state index is 14.0. The number of benzene rings is 2. The Morgan fingerprint density at radius 3 is 2.34 bits per heavy atom. The van der Waals surface area contributed by atoms with Crippen LogP contribution in [-0.2, 0) is 17.3 Å². The van der Waals surface area contributed by atoms with Gasteiger partial charge in [0.05, 0.1) is 11.7 Å². The maximum absolute atomic E-state index is 14.0. The molecule has 2 aromatic carbocycles. The Kier molecular flexibility index (Phi) is 4.91. The van der Waals surface area contributed by atoms with Crippen LogP contribution < -0.4 is 0 Å². The number of hydrogen-bond donors (Lipinski definition) is 2. The van der Waals surface area contributed by atoms with Crippen molar-refractivity contribution in [1.29, 1.82) is 0 Å². The van der Waals surface area contributed by atoms with E-state index >= 15 is 0 Å². The summed E-state index contributed by atoms with van der Waals surface area (Å²) in [6, 6.07) is 8.85. The Labute approximate surface area is 168 Å². The highest BCUT2D eigenvalue weighted by Crippen LogP contribution is 2.39. The van der Waals surface area contributed by atoms with Crippen molar-refractivity contribution in [1.82, 2.24) is 14.5 Å². The lowest BCUT2D eigenvalue weighted by Gasteiger charge is -2.10. The monoisotopic (exact) mass is 437 g/mol. The molecule has 150 valence electrons. The lowest BCUT2D eigenvalue weighted by Crippen LogP contribution is -2.02. The fraction of sp³-hybridized carbons (Fsp3) is 0.158. The number of hydrogen-bond acceptors (Lipinski definition) is 3. The molecule has 0 bridgehead atoms. The van der Waals surface area contributed by atoms with Gasteiger partial charge in [0.1, 0.15) is 16.9 Å². The van der Waals surface area contributed by atoms with Gasteiger partial charge >= 0.3 is 7.60 Å². The first kappa shape index (κ1) is 19.9. The second-order valence-corrected chi connectivity index (χ2v) is 8.77. The third-order valence-corrected chi connectivity index (χ3v) is 5.60. The third kappa shape index (κ3) is 3.89. The van der Waals surface area contributed by atoms with Crippen LogP contribution in [0.3, 0.4) is 0 Å². The zero-order valence-electron chi connectivity index (χ0n) is 15.1. The van der Waals surface area contributed by atoms with E-state index < -0.39 is 19.2 Å². The quantitative estimate of drug-likeness (QED) is 0.361. The van der Waals surface area contributed by atoms with Crippen molar-refractivity contribution in [3.63, 3.8) is 0 Å². The lowest BCUT2D eigenvalue weighted by molar-refractivity contribution is 0.371. The van der Waals surface area contributed by atoms with Crippen LogP contribution in [0.15, 0.2) is 36.4 Å². The largest absolute Gasteiger partial charge is 0.332 e. The fourth-order valence-corrected chi connectivity index (χ4v) is 4.36. The summed E-state index contributed by atoms with van der Waals surface area (Å²) in [4.78, 5) is 26.7. The second-order valence-electron chi connectivity index (χ2n) is 6.77. The smallest absolute Gasteiger partial charge is 0.329 e. The number of aromatic nitrogens is 3. The topological polar surface area (TPSA) is 88.2 Å². The number of rotatable bonds is 4. The third-order valence-electron chi connectivity index (χ3n) is 4.56. The molecule has 2 N–H and O–H groups in total. The number of aryl methyl sites for hydroxylation is 1. The van der Waals surface area contributed by atoms with Gasteiger partial charge < -0.3 is 14.4 Å². The van der Waals surface area contributed by atoms with Crippen LogP contribution in [0.2, 0.25) is 5.15 Å². The highest BCUT2D eigenvalue weighted by molar-refractivity contribution is 7.50. The van der Waals surface area contributed by atoms with Gasteiger partial charge in [-0.1, -0.05) is 35.9 Å². The standard InChI is InChI=1S/C19H15ClF2N3O3P/c1-10-23-17-13-6-14(21)15(22)7-16(13)25(18(17)19(20)24-10)8-11-2-4-12(5-3-11)9-29(26,27)28/h2-7H,8-9H2,1H3,(H2,26,27,28). The fourth-order valence-electron chi connectivity index (χ4n) is 3.36. The van der Waals surface area contributed by atoms with Crippen molar-refractivity contribution in [3.05, 3.63) is 70.1 Å². The van der Waals surface area contributed by atoms with Crippen molar-refractivity contribution in [2.24, 2.45) is 0 Å². The summed E-state index contributed by atoms with van der Waals surface area (Å²) >= 11 is 6.34. The normalized spacial score (nSPS) is 12.2. The van der Waals surface area contributed by atoms with Gasteiger partial charge in [0.25, 0.3) is 0 Å². The molecule has 0 atom stereocenters. The van der Waals surface area contributed by atoms with Crippen molar-refractivity contribution in [2.45, 2.75) is 19.6 Å². The van der Waals surface area contributed by atoms with Gasteiger partial charge in [0.15, 0.2) is 16.8 Å². The average Bonchev–Trinajstić information content (AvgIpc) is 2.89. The summed E-state index contributed by atoms with van der Waals surface area (Å²) in [6.07, 6.45) is -0.355. The van der Waals surface area contributed by atoms with Gasteiger partial charge in [0, 0.05) is 18.0 Å². The van der Waals surface area contributed by atoms with E-state index in [-0.39, 0.29) is 17.9 Å². The number of nitrogens with zero attached hydrogens (tertiary/aromatic N) is 3. The molecule has 0 amide bonds. The van der Waals surface area contributed by atoms with E-state index in [0.717, 1.165) is 17.7 Å². The minimum atomic E-state index is -4.16. The van der Waals surface area contributed by atoms with Crippen LogP contribution in [0, 0.1) is 18.6 Å². The Hall–Kier alpha value is -2.38. The van der Waals surface area contributed by atoms with Crippen molar-refractivity contribution in [2.75, 3.05) is 0 Å². The predicted molar refractivity (Wildman–Crippen MR) is 106 cm³/mol. The van der Waals surface area contributed by atoms with Gasteiger partial charge in [-0.25, -0.2) is 18.7 Å². The molecular weight excluding hydrogens is 423 g/mol. The average molecular weight is 438 g/mol. The van der Waals surface area contributed by atoms with E-state index in [4.69, 9.17) is 21.4 Å². The molecule has 0 aliphatic heterocycles. The summed E-state index contributed by atoms with van der Waals surface area (Å²) in [5.74, 6) is -1.56. The molecule has 2 heterocycles. The number of halogens is 3. The SMILES string of the molecule is Cc1nc(Cl)c2c(n1)c1cc(F)c(F)cc1n2Cc1ccc(CP(=O)(O)O)cc1. The zero-order chi connectivity index (χ0) is 20.9. The summed E-state index contributed by atoms with van der Waals surface area (Å²) in [5.41, 5.74) is 2.57. The number of fused-ring (bicyclic) bond motifs is 3. The van der Waals surface area contributed by atoms with E-state index in [1.165, 1.54) is 0 Å². The van der Waals surface area contributed by atoms with Gasteiger partial charge in [-0.3, -0.25) is 4.57 Å². The molecule has 0 saturated heterocycles. The molecule has 0 aliphatic rings. The van der Waals surface area contributed by atoms with Crippen LogP contribution in [0.4, 0.5) is 8.78 Å².